The molecule has 0 aromatic heterocycles. The fraction of sp³-hybridized carbons (Fsp3) is 0.263. The molecule has 0 saturated heterocycles. The molecule has 0 radical (unpaired) electrons. The molecule has 0 aliphatic heterocycles. The van der Waals surface area contributed by atoms with Crippen molar-refractivity contribution in [1.29, 1.82) is 0 Å². The van der Waals surface area contributed by atoms with E-state index in [-0.39, 0.29) is 5.91 Å². The highest BCUT2D eigenvalue weighted by Crippen LogP contribution is 2.22. The van der Waals surface area contributed by atoms with Gasteiger partial charge in [0.05, 0.1) is 6.21 Å². The second kappa shape index (κ2) is 7.09. The van der Waals surface area contributed by atoms with Crippen molar-refractivity contribution >= 4 is 12.1 Å². The van der Waals surface area contributed by atoms with Gasteiger partial charge < -0.3 is 10.2 Å². The zero-order chi connectivity index (χ0) is 16.1. The first-order valence-corrected chi connectivity index (χ1v) is 7.82. The zero-order valence-electron chi connectivity index (χ0n) is 13.2. The van der Waals surface area contributed by atoms with Crippen LogP contribution in [0.4, 0.5) is 0 Å². The highest BCUT2D eigenvalue weighted by molar-refractivity contribution is 5.94. The summed E-state index contributed by atoms with van der Waals surface area (Å²) in [7, 11) is 1.50. The van der Waals surface area contributed by atoms with E-state index < -0.39 is 0 Å². The Morgan fingerprint density at radius 3 is 2.74 bits per heavy atom. The predicted octanol–water partition coefficient (Wildman–Crippen LogP) is 3.09. The Kier molecular flexibility index (Phi) is 4.71. The number of nitrogens with zero attached hydrogens (tertiary/aromatic N) is 1. The molecule has 0 atom stereocenters. The van der Waals surface area contributed by atoms with Crippen LogP contribution < -0.4 is 5.32 Å². The first kappa shape index (κ1) is 15.3. The van der Waals surface area contributed by atoms with Gasteiger partial charge in [0.2, 0.25) is 0 Å². The van der Waals surface area contributed by atoms with Crippen LogP contribution in [0.5, 0.6) is 0 Å². The maximum Gasteiger partial charge on any atom is 0.251 e. The second-order valence-corrected chi connectivity index (χ2v) is 5.68. The lowest BCUT2D eigenvalue weighted by molar-refractivity contribution is 0.0951. The Labute approximate surface area is 136 Å². The molecule has 0 heterocycles. The van der Waals surface area contributed by atoms with Crippen LogP contribution in [-0.4, -0.2) is 19.2 Å². The Morgan fingerprint density at radius 1 is 1.17 bits per heavy atom. The van der Waals surface area contributed by atoms with E-state index >= 15 is 0 Å². The molecular formula is C19H20N2O2. The molecule has 0 bridgehead atoms. The van der Waals surface area contributed by atoms with Crippen LogP contribution in [0.1, 0.15) is 39.0 Å². The van der Waals surface area contributed by atoms with E-state index in [1.165, 1.54) is 31.1 Å². The van der Waals surface area contributed by atoms with E-state index in [4.69, 9.17) is 0 Å². The summed E-state index contributed by atoms with van der Waals surface area (Å²) in [5.74, 6) is -0.0688. The normalized spacial score (nSPS) is 13.1. The van der Waals surface area contributed by atoms with Crippen LogP contribution in [0.15, 0.2) is 47.6 Å². The highest BCUT2D eigenvalue weighted by Gasteiger charge is 2.11. The maximum atomic E-state index is 12.2. The number of hydrogen-bond acceptors (Lipinski definition) is 3. The fourth-order valence-electron chi connectivity index (χ4n) is 2.85. The average molecular weight is 308 g/mol. The zero-order valence-corrected chi connectivity index (χ0v) is 13.2. The van der Waals surface area contributed by atoms with Gasteiger partial charge in [-0.2, -0.15) is 0 Å². The molecule has 3 rings (SSSR count). The van der Waals surface area contributed by atoms with Crippen molar-refractivity contribution in [2.24, 2.45) is 5.16 Å². The number of oxime groups is 1. The van der Waals surface area contributed by atoms with Crippen molar-refractivity contribution in [2.45, 2.75) is 25.8 Å². The molecule has 4 nitrogen and oxygen atoms in total. The largest absolute Gasteiger partial charge is 0.399 e. The summed E-state index contributed by atoms with van der Waals surface area (Å²) in [6, 6.07) is 13.8. The molecule has 0 unspecified atom stereocenters. The van der Waals surface area contributed by atoms with Crippen LogP contribution in [0, 0.1) is 0 Å². The van der Waals surface area contributed by atoms with Crippen LogP contribution >= 0.6 is 0 Å². The number of fused-ring (bicyclic) bond motifs is 1. The van der Waals surface area contributed by atoms with Gasteiger partial charge >= 0.3 is 0 Å². The van der Waals surface area contributed by atoms with Gasteiger partial charge in [-0.05, 0) is 53.6 Å². The lowest BCUT2D eigenvalue weighted by atomic mass is 10.1. The van der Waals surface area contributed by atoms with Gasteiger partial charge in [0.1, 0.15) is 7.11 Å². The smallest absolute Gasteiger partial charge is 0.251 e. The second-order valence-electron chi connectivity index (χ2n) is 5.68. The van der Waals surface area contributed by atoms with Crippen LogP contribution in [0.2, 0.25) is 0 Å². The molecule has 1 aliphatic carbocycles. The summed E-state index contributed by atoms with van der Waals surface area (Å²) in [5.41, 5.74) is 5.57. The number of amides is 1. The van der Waals surface area contributed by atoms with Crippen LogP contribution in [-0.2, 0) is 24.2 Å². The molecule has 118 valence electrons. The quantitative estimate of drug-likeness (QED) is 0.681. The van der Waals surface area contributed by atoms with Crippen molar-refractivity contribution in [3.8, 4) is 0 Å². The van der Waals surface area contributed by atoms with E-state index in [2.05, 4.69) is 33.5 Å². The maximum absolute atomic E-state index is 12.2. The number of benzene rings is 2. The lowest BCUT2D eigenvalue weighted by Gasteiger charge is -2.08. The summed E-state index contributed by atoms with van der Waals surface area (Å²) in [4.78, 5) is 16.8. The molecule has 0 saturated carbocycles. The number of aryl methyl sites for hydroxylation is 2. The minimum atomic E-state index is -0.0688. The van der Waals surface area contributed by atoms with Gasteiger partial charge in [-0.15, -0.1) is 0 Å². The first-order valence-electron chi connectivity index (χ1n) is 7.82. The molecule has 2 aromatic carbocycles. The number of hydrogen-bond donors (Lipinski definition) is 1. The van der Waals surface area contributed by atoms with Crippen molar-refractivity contribution in [3.05, 3.63) is 70.3 Å². The standard InChI is InChI=1S/C19H20N2O2/c1-23-21-13-14-5-9-17(10-6-14)19(22)20-12-15-7-8-16-3-2-4-18(16)11-15/h5-11,13H,2-4,12H2,1H3,(H,20,22). The third kappa shape index (κ3) is 3.77. The third-order valence-corrected chi connectivity index (χ3v) is 4.10. The SMILES string of the molecule is CON=Cc1ccc(C(=O)NCc2ccc3c(c2)CCC3)cc1. The molecule has 0 fully saturated rings. The van der Waals surface area contributed by atoms with E-state index in [1.54, 1.807) is 18.3 Å². The summed E-state index contributed by atoms with van der Waals surface area (Å²) in [6.07, 6.45) is 5.18. The average Bonchev–Trinajstić information content (AvgIpc) is 3.06. The lowest BCUT2D eigenvalue weighted by Crippen LogP contribution is -2.22. The van der Waals surface area contributed by atoms with Gasteiger partial charge in [0.25, 0.3) is 5.91 Å². The Bertz CT molecular complexity index is 721. The van der Waals surface area contributed by atoms with Crippen LogP contribution in [0.25, 0.3) is 0 Å². The summed E-state index contributed by atoms with van der Waals surface area (Å²) in [5, 5.41) is 6.67. The number of carbonyl (C=O) groups excluding carboxylic acids is 1. The van der Waals surface area contributed by atoms with Gasteiger partial charge in [-0.3, -0.25) is 4.79 Å². The third-order valence-electron chi connectivity index (χ3n) is 4.10. The summed E-state index contributed by atoms with van der Waals surface area (Å²) in [6.45, 7) is 0.555. The van der Waals surface area contributed by atoms with Crippen molar-refractivity contribution in [3.63, 3.8) is 0 Å². The molecule has 1 N–H and O–H groups in total. The Morgan fingerprint density at radius 2 is 1.96 bits per heavy atom. The Hall–Kier alpha value is -2.62. The predicted molar refractivity (Wildman–Crippen MR) is 90.7 cm³/mol. The van der Waals surface area contributed by atoms with Crippen molar-refractivity contribution in [1.82, 2.24) is 5.32 Å². The molecule has 4 heteroatoms. The molecule has 0 spiro atoms. The van der Waals surface area contributed by atoms with Gasteiger partial charge in [-0.25, -0.2) is 0 Å². The van der Waals surface area contributed by atoms with E-state index in [1.807, 2.05) is 12.1 Å². The first-order chi connectivity index (χ1) is 11.3. The summed E-state index contributed by atoms with van der Waals surface area (Å²) < 4.78 is 0. The molecule has 1 aliphatic rings. The molecule has 2 aromatic rings. The van der Waals surface area contributed by atoms with Crippen molar-refractivity contribution < 1.29 is 9.63 Å². The Balaban J connectivity index is 1.59. The van der Waals surface area contributed by atoms with Crippen LogP contribution in [0.3, 0.4) is 0 Å². The van der Waals surface area contributed by atoms with E-state index in [0.29, 0.717) is 12.1 Å². The van der Waals surface area contributed by atoms with E-state index in [0.717, 1.165) is 17.5 Å². The minimum absolute atomic E-state index is 0.0688. The monoisotopic (exact) mass is 308 g/mol. The van der Waals surface area contributed by atoms with E-state index in [9.17, 15) is 4.79 Å². The van der Waals surface area contributed by atoms with Gasteiger partial charge in [0, 0.05) is 12.1 Å². The molecular weight excluding hydrogens is 288 g/mol. The van der Waals surface area contributed by atoms with Crippen molar-refractivity contribution in [2.75, 3.05) is 7.11 Å². The highest BCUT2D eigenvalue weighted by atomic mass is 16.6. The number of rotatable bonds is 5. The van der Waals surface area contributed by atoms with Gasteiger partial charge in [-0.1, -0.05) is 35.5 Å². The minimum Gasteiger partial charge on any atom is -0.399 e. The topological polar surface area (TPSA) is 50.7 Å². The number of nitrogens with one attached hydrogen (secondary N) is 1. The summed E-state index contributed by atoms with van der Waals surface area (Å²) >= 11 is 0. The molecule has 1 amide bonds. The molecule has 23 heavy (non-hydrogen) atoms. The fourth-order valence-corrected chi connectivity index (χ4v) is 2.85. The number of carbonyl (C=O) groups is 1. The van der Waals surface area contributed by atoms with Gasteiger partial charge in [0.15, 0.2) is 0 Å².